The lowest BCUT2D eigenvalue weighted by molar-refractivity contribution is -0.147. The van der Waals surface area contributed by atoms with Crippen molar-refractivity contribution < 1.29 is 27.8 Å². The van der Waals surface area contributed by atoms with E-state index < -0.39 is 17.7 Å². The number of carbonyl (C=O) groups is 1. The van der Waals surface area contributed by atoms with Gasteiger partial charge in [0.1, 0.15) is 12.4 Å². The fourth-order valence-corrected chi connectivity index (χ4v) is 3.79. The van der Waals surface area contributed by atoms with Gasteiger partial charge in [-0.15, -0.1) is 0 Å². The van der Waals surface area contributed by atoms with Crippen LogP contribution in [0.4, 0.5) is 13.2 Å². The minimum absolute atomic E-state index is 0.0763. The van der Waals surface area contributed by atoms with Crippen molar-refractivity contribution in [2.24, 2.45) is 5.92 Å². The number of allylic oxidation sites excluding steroid dienone is 3. The standard InChI is InChI=1S/C25H25ClF3NO3/c1-16(10-21(17(2)25(27,28)29)19-6-4-3-5-7-19)15-33-23-9-8-18(11-22(23)26)12-30-13-20(14-30)24(31)32/h3-11,20H,12-15H2,1-2H3,(H,31,32)/b16-10+,21-17-. The van der Waals surface area contributed by atoms with Gasteiger partial charge in [0.25, 0.3) is 0 Å². The number of alkyl halides is 3. The van der Waals surface area contributed by atoms with E-state index in [1.165, 1.54) is 6.08 Å². The number of hydrogen-bond donors (Lipinski definition) is 1. The Kier molecular flexibility index (Phi) is 7.87. The van der Waals surface area contributed by atoms with Crippen molar-refractivity contribution in [1.29, 1.82) is 0 Å². The fraction of sp³-hybridized carbons (Fsp3) is 0.320. The molecule has 4 nitrogen and oxygen atoms in total. The Morgan fingerprint density at radius 2 is 1.85 bits per heavy atom. The molecule has 1 fully saturated rings. The van der Waals surface area contributed by atoms with Gasteiger partial charge in [-0.2, -0.15) is 13.2 Å². The topological polar surface area (TPSA) is 49.8 Å². The highest BCUT2D eigenvalue weighted by Crippen LogP contribution is 2.34. The molecule has 1 saturated heterocycles. The van der Waals surface area contributed by atoms with Crippen molar-refractivity contribution in [3.05, 3.63) is 81.9 Å². The maximum absolute atomic E-state index is 13.4. The van der Waals surface area contributed by atoms with Crippen LogP contribution in [-0.2, 0) is 11.3 Å². The molecular weight excluding hydrogens is 455 g/mol. The molecule has 0 bridgehead atoms. The first-order valence-electron chi connectivity index (χ1n) is 10.4. The highest BCUT2D eigenvalue weighted by Gasteiger charge is 2.33. The summed E-state index contributed by atoms with van der Waals surface area (Å²) >= 11 is 6.33. The Bertz CT molecular complexity index is 1060. The van der Waals surface area contributed by atoms with Crippen LogP contribution in [0.15, 0.2) is 65.8 Å². The van der Waals surface area contributed by atoms with E-state index in [1.807, 2.05) is 11.0 Å². The molecule has 3 rings (SSSR count). The van der Waals surface area contributed by atoms with E-state index in [0.717, 1.165) is 12.5 Å². The first kappa shape index (κ1) is 24.9. The third kappa shape index (κ3) is 6.62. The van der Waals surface area contributed by atoms with Crippen LogP contribution in [0.25, 0.3) is 5.57 Å². The summed E-state index contributed by atoms with van der Waals surface area (Å²) in [5.41, 5.74) is 1.44. The van der Waals surface area contributed by atoms with Gasteiger partial charge >= 0.3 is 12.1 Å². The number of halogens is 4. The summed E-state index contributed by atoms with van der Waals surface area (Å²) < 4.78 is 45.9. The van der Waals surface area contributed by atoms with Crippen molar-refractivity contribution in [1.82, 2.24) is 4.90 Å². The molecule has 0 amide bonds. The van der Waals surface area contributed by atoms with Gasteiger partial charge in [-0.05, 0) is 48.3 Å². The molecule has 1 aliphatic heterocycles. The lowest BCUT2D eigenvalue weighted by atomic mass is 9.98. The van der Waals surface area contributed by atoms with Crippen LogP contribution in [0.1, 0.15) is 25.0 Å². The number of benzene rings is 2. The predicted molar refractivity (Wildman–Crippen MR) is 122 cm³/mol. The Morgan fingerprint density at radius 1 is 1.18 bits per heavy atom. The molecule has 0 aromatic heterocycles. The quantitative estimate of drug-likeness (QED) is 0.457. The summed E-state index contributed by atoms with van der Waals surface area (Å²) in [5.74, 6) is -0.682. The zero-order valence-electron chi connectivity index (χ0n) is 18.3. The number of rotatable bonds is 8. The van der Waals surface area contributed by atoms with Crippen molar-refractivity contribution in [2.45, 2.75) is 26.6 Å². The Balaban J connectivity index is 1.67. The average Bonchev–Trinajstić information content (AvgIpc) is 2.72. The number of hydrogen-bond acceptors (Lipinski definition) is 3. The molecule has 33 heavy (non-hydrogen) atoms. The van der Waals surface area contributed by atoms with Crippen LogP contribution in [0.5, 0.6) is 5.75 Å². The maximum Gasteiger partial charge on any atom is 0.413 e. The lowest BCUT2D eigenvalue weighted by Gasteiger charge is -2.36. The van der Waals surface area contributed by atoms with Crippen molar-refractivity contribution in [3.8, 4) is 5.75 Å². The molecule has 0 atom stereocenters. The van der Waals surface area contributed by atoms with Crippen LogP contribution in [0.3, 0.4) is 0 Å². The van der Waals surface area contributed by atoms with E-state index >= 15 is 0 Å². The van der Waals surface area contributed by atoms with Crippen LogP contribution in [-0.4, -0.2) is 41.8 Å². The zero-order chi connectivity index (χ0) is 24.2. The Hall–Kier alpha value is -2.77. The van der Waals surface area contributed by atoms with E-state index in [9.17, 15) is 18.0 Å². The number of nitrogens with zero attached hydrogens (tertiary/aromatic N) is 1. The molecule has 2 aromatic carbocycles. The molecule has 0 radical (unpaired) electrons. The number of carboxylic acid groups (broad SMARTS) is 1. The zero-order valence-corrected chi connectivity index (χ0v) is 19.1. The highest BCUT2D eigenvalue weighted by atomic mass is 35.5. The summed E-state index contributed by atoms with van der Waals surface area (Å²) in [4.78, 5) is 12.9. The molecule has 0 unspecified atom stereocenters. The third-order valence-electron chi connectivity index (χ3n) is 5.47. The monoisotopic (exact) mass is 479 g/mol. The van der Waals surface area contributed by atoms with E-state index in [0.29, 0.717) is 41.5 Å². The van der Waals surface area contributed by atoms with E-state index in [-0.39, 0.29) is 18.1 Å². The molecule has 1 heterocycles. The van der Waals surface area contributed by atoms with E-state index in [4.69, 9.17) is 21.4 Å². The van der Waals surface area contributed by atoms with E-state index in [1.54, 1.807) is 49.4 Å². The minimum Gasteiger partial charge on any atom is -0.488 e. The second-order valence-corrected chi connectivity index (χ2v) is 8.58. The van der Waals surface area contributed by atoms with Crippen LogP contribution in [0, 0.1) is 5.92 Å². The molecule has 2 aromatic rings. The van der Waals surface area contributed by atoms with Crippen molar-refractivity contribution in [2.75, 3.05) is 19.7 Å². The average molecular weight is 480 g/mol. The molecule has 1 aliphatic rings. The Morgan fingerprint density at radius 3 is 2.42 bits per heavy atom. The summed E-state index contributed by atoms with van der Waals surface area (Å²) in [5, 5.41) is 9.35. The molecule has 176 valence electrons. The fourth-order valence-electron chi connectivity index (χ4n) is 3.53. The van der Waals surface area contributed by atoms with Gasteiger partial charge in [0.15, 0.2) is 0 Å². The molecular formula is C25H25ClF3NO3. The van der Waals surface area contributed by atoms with Gasteiger partial charge in [-0.1, -0.05) is 54.1 Å². The maximum atomic E-state index is 13.4. The van der Waals surface area contributed by atoms with Gasteiger partial charge < -0.3 is 9.84 Å². The summed E-state index contributed by atoms with van der Waals surface area (Å²) in [7, 11) is 0. The van der Waals surface area contributed by atoms with Crippen LogP contribution >= 0.6 is 11.6 Å². The van der Waals surface area contributed by atoms with Gasteiger partial charge in [0.2, 0.25) is 0 Å². The van der Waals surface area contributed by atoms with Crippen LogP contribution < -0.4 is 4.74 Å². The number of likely N-dealkylation sites (tertiary alicyclic amines) is 1. The normalized spacial score (nSPS) is 16.2. The highest BCUT2D eigenvalue weighted by molar-refractivity contribution is 6.32. The predicted octanol–water partition coefficient (Wildman–Crippen LogP) is 6.22. The van der Waals surface area contributed by atoms with Crippen molar-refractivity contribution >= 4 is 23.1 Å². The first-order valence-corrected chi connectivity index (χ1v) is 10.8. The second-order valence-electron chi connectivity index (χ2n) is 8.18. The van der Waals surface area contributed by atoms with Crippen molar-refractivity contribution in [3.63, 3.8) is 0 Å². The van der Waals surface area contributed by atoms with Crippen LogP contribution in [0.2, 0.25) is 5.02 Å². The molecule has 0 saturated carbocycles. The number of aliphatic carboxylic acids is 1. The summed E-state index contributed by atoms with van der Waals surface area (Å²) in [6, 6.07) is 13.7. The smallest absolute Gasteiger partial charge is 0.413 e. The minimum atomic E-state index is -4.44. The SMILES string of the molecule is C/C(=C(\C=C(/C)COc1ccc(CN2CC(C(=O)O)C2)cc1Cl)c1ccccc1)C(F)(F)F. The molecule has 8 heteroatoms. The van der Waals surface area contributed by atoms with Gasteiger partial charge in [0, 0.05) is 25.2 Å². The summed E-state index contributed by atoms with van der Waals surface area (Å²) in [6.45, 7) is 4.45. The van der Waals surface area contributed by atoms with Gasteiger partial charge in [0.05, 0.1) is 10.9 Å². The van der Waals surface area contributed by atoms with Gasteiger partial charge in [-0.3, -0.25) is 9.69 Å². The first-order chi connectivity index (χ1) is 15.5. The van der Waals surface area contributed by atoms with Gasteiger partial charge in [-0.25, -0.2) is 0 Å². The number of ether oxygens (including phenoxy) is 1. The van der Waals surface area contributed by atoms with E-state index in [2.05, 4.69) is 0 Å². The lowest BCUT2D eigenvalue weighted by Crippen LogP contribution is -2.49. The second kappa shape index (κ2) is 10.4. The molecule has 0 aliphatic carbocycles. The third-order valence-corrected chi connectivity index (χ3v) is 5.76. The molecule has 0 spiro atoms. The largest absolute Gasteiger partial charge is 0.488 e. The summed E-state index contributed by atoms with van der Waals surface area (Å²) in [6.07, 6.45) is -2.95. The molecule has 1 N–H and O–H groups in total. The Labute approximate surface area is 195 Å². The number of carboxylic acids is 1.